The van der Waals surface area contributed by atoms with Crippen molar-refractivity contribution in [2.24, 2.45) is 5.10 Å². The Balaban J connectivity index is 1.98. The van der Waals surface area contributed by atoms with Crippen LogP contribution in [0, 0.1) is 0 Å². The number of nitrogens with one attached hydrogen (secondary N) is 1. The number of methoxy groups -OCH3 is 1. The van der Waals surface area contributed by atoms with E-state index >= 15 is 0 Å². The molecule has 0 saturated carbocycles. The molecule has 0 spiro atoms. The molecule has 0 unspecified atom stereocenters. The van der Waals surface area contributed by atoms with E-state index < -0.39 is 0 Å². The summed E-state index contributed by atoms with van der Waals surface area (Å²) in [6, 6.07) is 15.5. The average Bonchev–Trinajstić information content (AvgIpc) is 2.40. The summed E-state index contributed by atoms with van der Waals surface area (Å²) in [5.41, 5.74) is 4.92. The van der Waals surface area contributed by atoms with E-state index in [0.717, 1.165) is 21.5 Å². The zero-order valence-electron chi connectivity index (χ0n) is 9.93. The molecule has 3 nitrogen and oxygen atoms in total. The highest BCUT2D eigenvalue weighted by atomic mass is 79.9. The first-order chi connectivity index (χ1) is 8.78. The van der Waals surface area contributed by atoms with Crippen LogP contribution in [0.5, 0.6) is 5.75 Å². The summed E-state index contributed by atoms with van der Waals surface area (Å²) < 4.78 is 6.11. The van der Waals surface area contributed by atoms with Crippen LogP contribution in [0.15, 0.2) is 58.1 Å². The molecular formula is C14H13BrN2O. The molecule has 2 aromatic rings. The molecule has 2 aromatic carbocycles. The second-order valence-corrected chi connectivity index (χ2v) is 4.57. The van der Waals surface area contributed by atoms with E-state index in [9.17, 15) is 0 Å². The van der Waals surface area contributed by atoms with Crippen LogP contribution in [0.4, 0.5) is 5.69 Å². The predicted molar refractivity (Wildman–Crippen MR) is 78.4 cm³/mol. The second-order valence-electron chi connectivity index (χ2n) is 3.65. The van der Waals surface area contributed by atoms with Crippen molar-refractivity contribution in [3.05, 3.63) is 58.6 Å². The number of benzene rings is 2. The molecule has 0 heterocycles. The Bertz CT molecular complexity index is 538. The van der Waals surface area contributed by atoms with E-state index in [-0.39, 0.29) is 0 Å². The Hall–Kier alpha value is -1.81. The SMILES string of the molecule is COc1ccc(/C=N\Nc2cccc(Br)c2)cc1. The Morgan fingerprint density at radius 2 is 1.94 bits per heavy atom. The minimum atomic E-state index is 0.840. The van der Waals surface area contributed by atoms with Gasteiger partial charge in [0.15, 0.2) is 0 Å². The summed E-state index contributed by atoms with van der Waals surface area (Å²) in [5.74, 6) is 0.840. The Kier molecular flexibility index (Phi) is 4.36. The number of rotatable bonds is 4. The zero-order valence-corrected chi connectivity index (χ0v) is 11.5. The van der Waals surface area contributed by atoms with Gasteiger partial charge < -0.3 is 4.74 Å². The topological polar surface area (TPSA) is 33.6 Å². The van der Waals surface area contributed by atoms with Crippen molar-refractivity contribution in [3.8, 4) is 5.75 Å². The third-order valence-electron chi connectivity index (χ3n) is 2.35. The van der Waals surface area contributed by atoms with Gasteiger partial charge in [0.05, 0.1) is 19.0 Å². The molecule has 0 saturated heterocycles. The minimum absolute atomic E-state index is 0.840. The van der Waals surface area contributed by atoms with Gasteiger partial charge in [0.1, 0.15) is 5.75 Å². The van der Waals surface area contributed by atoms with Crippen LogP contribution in [-0.2, 0) is 0 Å². The number of anilines is 1. The van der Waals surface area contributed by atoms with Crippen LogP contribution in [0.25, 0.3) is 0 Å². The molecule has 18 heavy (non-hydrogen) atoms. The molecule has 0 aliphatic heterocycles. The van der Waals surface area contributed by atoms with Crippen LogP contribution >= 0.6 is 15.9 Å². The van der Waals surface area contributed by atoms with Gasteiger partial charge in [-0.05, 0) is 48.0 Å². The first-order valence-corrected chi connectivity index (χ1v) is 6.26. The molecule has 0 aliphatic carbocycles. The van der Waals surface area contributed by atoms with E-state index in [0.29, 0.717) is 0 Å². The maximum absolute atomic E-state index is 5.09. The van der Waals surface area contributed by atoms with E-state index in [4.69, 9.17) is 4.74 Å². The molecule has 1 N–H and O–H groups in total. The van der Waals surface area contributed by atoms with Gasteiger partial charge in [-0.15, -0.1) is 0 Å². The Morgan fingerprint density at radius 1 is 1.17 bits per heavy atom. The summed E-state index contributed by atoms with van der Waals surface area (Å²) in [4.78, 5) is 0. The van der Waals surface area contributed by atoms with E-state index in [2.05, 4.69) is 26.5 Å². The lowest BCUT2D eigenvalue weighted by molar-refractivity contribution is 0.415. The van der Waals surface area contributed by atoms with Crippen LogP contribution < -0.4 is 10.2 Å². The van der Waals surface area contributed by atoms with E-state index in [1.165, 1.54) is 0 Å². The fraction of sp³-hybridized carbons (Fsp3) is 0.0714. The summed E-state index contributed by atoms with van der Waals surface area (Å²) in [7, 11) is 1.65. The van der Waals surface area contributed by atoms with Crippen molar-refractivity contribution in [3.63, 3.8) is 0 Å². The molecule has 0 radical (unpaired) electrons. The number of halogens is 1. The number of ether oxygens (including phenoxy) is 1. The Morgan fingerprint density at radius 3 is 2.61 bits per heavy atom. The molecule has 2 rings (SSSR count). The van der Waals surface area contributed by atoms with Crippen molar-refractivity contribution in [2.45, 2.75) is 0 Å². The highest BCUT2D eigenvalue weighted by Crippen LogP contribution is 2.15. The smallest absolute Gasteiger partial charge is 0.118 e. The summed E-state index contributed by atoms with van der Waals surface area (Å²) in [6.45, 7) is 0. The fourth-order valence-corrected chi connectivity index (χ4v) is 1.83. The van der Waals surface area contributed by atoms with Crippen molar-refractivity contribution >= 4 is 27.8 Å². The standard InChI is InChI=1S/C14H13BrN2O/c1-18-14-7-5-11(6-8-14)10-16-17-13-4-2-3-12(15)9-13/h2-10,17H,1H3/b16-10-. The summed E-state index contributed by atoms with van der Waals surface area (Å²) >= 11 is 3.41. The van der Waals surface area contributed by atoms with Gasteiger partial charge in [0.25, 0.3) is 0 Å². The van der Waals surface area contributed by atoms with Gasteiger partial charge in [-0.3, -0.25) is 5.43 Å². The average molecular weight is 305 g/mol. The highest BCUT2D eigenvalue weighted by molar-refractivity contribution is 9.10. The number of hydrazone groups is 1. The second kappa shape index (κ2) is 6.21. The van der Waals surface area contributed by atoms with Crippen LogP contribution in [-0.4, -0.2) is 13.3 Å². The monoisotopic (exact) mass is 304 g/mol. The lowest BCUT2D eigenvalue weighted by Crippen LogP contribution is -1.90. The molecule has 0 atom stereocenters. The van der Waals surface area contributed by atoms with Gasteiger partial charge in [-0.2, -0.15) is 5.10 Å². The maximum atomic E-state index is 5.09. The van der Waals surface area contributed by atoms with E-state index in [1.807, 2.05) is 48.5 Å². The third-order valence-corrected chi connectivity index (χ3v) is 2.84. The quantitative estimate of drug-likeness (QED) is 0.686. The third kappa shape index (κ3) is 3.60. The lowest BCUT2D eigenvalue weighted by Gasteiger charge is -2.01. The predicted octanol–water partition coefficient (Wildman–Crippen LogP) is 3.90. The van der Waals surface area contributed by atoms with Crippen molar-refractivity contribution in [2.75, 3.05) is 12.5 Å². The maximum Gasteiger partial charge on any atom is 0.118 e. The van der Waals surface area contributed by atoms with Gasteiger partial charge in [-0.1, -0.05) is 22.0 Å². The van der Waals surface area contributed by atoms with Crippen LogP contribution in [0.2, 0.25) is 0 Å². The lowest BCUT2D eigenvalue weighted by atomic mass is 10.2. The van der Waals surface area contributed by atoms with Gasteiger partial charge in [0.2, 0.25) is 0 Å². The first kappa shape index (κ1) is 12.6. The van der Waals surface area contributed by atoms with Crippen molar-refractivity contribution in [1.29, 1.82) is 0 Å². The number of hydrogen-bond acceptors (Lipinski definition) is 3. The molecule has 0 amide bonds. The summed E-state index contributed by atoms with van der Waals surface area (Å²) in [5, 5.41) is 4.17. The molecule has 0 aromatic heterocycles. The molecule has 0 bridgehead atoms. The van der Waals surface area contributed by atoms with Crippen molar-refractivity contribution < 1.29 is 4.74 Å². The highest BCUT2D eigenvalue weighted by Gasteiger charge is 1.92. The largest absolute Gasteiger partial charge is 0.497 e. The molecular weight excluding hydrogens is 292 g/mol. The van der Waals surface area contributed by atoms with Crippen LogP contribution in [0.1, 0.15) is 5.56 Å². The molecule has 0 fully saturated rings. The first-order valence-electron chi connectivity index (χ1n) is 5.46. The van der Waals surface area contributed by atoms with Gasteiger partial charge in [0, 0.05) is 4.47 Å². The molecule has 0 aliphatic rings. The number of nitrogens with zero attached hydrogens (tertiary/aromatic N) is 1. The fourth-order valence-electron chi connectivity index (χ4n) is 1.43. The normalized spacial score (nSPS) is 10.6. The molecule has 4 heteroatoms. The van der Waals surface area contributed by atoms with Crippen molar-refractivity contribution in [1.82, 2.24) is 0 Å². The molecule has 92 valence electrons. The minimum Gasteiger partial charge on any atom is -0.497 e. The summed E-state index contributed by atoms with van der Waals surface area (Å²) in [6.07, 6.45) is 1.76. The zero-order chi connectivity index (χ0) is 12.8. The van der Waals surface area contributed by atoms with Gasteiger partial charge in [-0.25, -0.2) is 0 Å². The van der Waals surface area contributed by atoms with Gasteiger partial charge >= 0.3 is 0 Å². The van der Waals surface area contributed by atoms with E-state index in [1.54, 1.807) is 13.3 Å². The Labute approximate surface area is 115 Å². The number of hydrogen-bond donors (Lipinski definition) is 1. The van der Waals surface area contributed by atoms with Crippen LogP contribution in [0.3, 0.4) is 0 Å².